The quantitative estimate of drug-likeness (QED) is 0.455. The Bertz CT molecular complexity index is 1330. The molecule has 0 spiro atoms. The van der Waals surface area contributed by atoms with Crippen LogP contribution in [-0.4, -0.2) is 54.6 Å². The molecule has 0 N–H and O–H groups in total. The highest BCUT2D eigenvalue weighted by molar-refractivity contribution is 5.92. The molecule has 2 amide bonds. The van der Waals surface area contributed by atoms with Crippen molar-refractivity contribution in [3.63, 3.8) is 0 Å². The predicted molar refractivity (Wildman–Crippen MR) is 152 cm³/mol. The number of esters is 1. The van der Waals surface area contributed by atoms with Gasteiger partial charge in [-0.15, -0.1) is 0 Å². The van der Waals surface area contributed by atoms with Gasteiger partial charge >= 0.3 is 5.97 Å². The molecule has 6 rings (SSSR count). The van der Waals surface area contributed by atoms with Crippen LogP contribution in [0, 0.1) is 11.3 Å². The summed E-state index contributed by atoms with van der Waals surface area (Å²) in [5, 5.41) is 0. The first-order chi connectivity index (χ1) is 20.0. The van der Waals surface area contributed by atoms with Crippen molar-refractivity contribution in [3.8, 4) is 11.5 Å². The summed E-state index contributed by atoms with van der Waals surface area (Å²) in [7, 11) is 1.41. The van der Waals surface area contributed by atoms with Crippen molar-refractivity contribution in [3.05, 3.63) is 71.4 Å². The van der Waals surface area contributed by atoms with Crippen LogP contribution in [0.4, 0.5) is 0 Å². The number of methoxy groups -OCH3 is 1. The van der Waals surface area contributed by atoms with Crippen molar-refractivity contribution in [1.82, 2.24) is 9.80 Å². The zero-order chi connectivity index (χ0) is 28.4. The molecule has 2 aromatic rings. The largest absolute Gasteiger partial charge is 0.468 e. The maximum absolute atomic E-state index is 14.1. The lowest BCUT2D eigenvalue weighted by Gasteiger charge is -2.46. The van der Waals surface area contributed by atoms with Gasteiger partial charge in [0, 0.05) is 31.1 Å². The highest BCUT2D eigenvalue weighted by Crippen LogP contribution is 2.50. The Kier molecular flexibility index (Phi) is 7.73. The molecular formula is C33H38N2O6. The molecular weight excluding hydrogens is 520 g/mol. The summed E-state index contributed by atoms with van der Waals surface area (Å²) >= 11 is 0. The van der Waals surface area contributed by atoms with Crippen LogP contribution >= 0.6 is 0 Å². The maximum Gasteiger partial charge on any atom is 0.317 e. The predicted octanol–water partition coefficient (Wildman–Crippen LogP) is 5.18. The summed E-state index contributed by atoms with van der Waals surface area (Å²) in [6.07, 6.45) is 7.44. The second kappa shape index (κ2) is 11.6. The Morgan fingerprint density at radius 3 is 2.59 bits per heavy atom. The topological polar surface area (TPSA) is 85.4 Å². The number of carbonyl (C=O) groups excluding carboxylic acids is 3. The van der Waals surface area contributed by atoms with Gasteiger partial charge in [-0.05, 0) is 67.7 Å². The monoisotopic (exact) mass is 558 g/mol. The van der Waals surface area contributed by atoms with Crippen molar-refractivity contribution < 1.29 is 28.6 Å². The van der Waals surface area contributed by atoms with E-state index in [0.717, 1.165) is 43.4 Å². The molecule has 1 aliphatic carbocycles. The highest BCUT2D eigenvalue weighted by Gasteiger charge is 2.54. The minimum absolute atomic E-state index is 0.0149. The number of nitrogens with zero attached hydrogens (tertiary/aromatic N) is 2. The van der Waals surface area contributed by atoms with E-state index < -0.39 is 11.3 Å². The number of allylic oxidation sites excluding steroid dienone is 1. The van der Waals surface area contributed by atoms with Crippen molar-refractivity contribution in [2.24, 2.45) is 11.3 Å². The third-order valence-electron chi connectivity index (χ3n) is 9.28. The van der Waals surface area contributed by atoms with E-state index in [4.69, 9.17) is 14.2 Å². The Morgan fingerprint density at radius 1 is 1.02 bits per heavy atom. The average Bonchev–Trinajstić information content (AvgIpc) is 3.37. The molecule has 41 heavy (non-hydrogen) atoms. The van der Waals surface area contributed by atoms with E-state index in [-0.39, 0.29) is 37.5 Å². The van der Waals surface area contributed by atoms with Crippen LogP contribution in [0.5, 0.6) is 11.5 Å². The summed E-state index contributed by atoms with van der Waals surface area (Å²) in [6.45, 7) is 1.80. The summed E-state index contributed by atoms with van der Waals surface area (Å²) in [6, 6.07) is 16.1. The minimum Gasteiger partial charge on any atom is -0.468 e. The van der Waals surface area contributed by atoms with Gasteiger partial charge in [0.25, 0.3) is 0 Å². The first-order valence-corrected chi connectivity index (χ1v) is 14.8. The maximum atomic E-state index is 14.1. The number of rotatable bonds is 6. The fraction of sp³-hybridized carbons (Fsp3) is 0.485. The lowest BCUT2D eigenvalue weighted by atomic mass is 9.68. The summed E-state index contributed by atoms with van der Waals surface area (Å²) in [5.41, 5.74) is 1.97. The van der Waals surface area contributed by atoms with Gasteiger partial charge in [0.2, 0.25) is 18.6 Å². The number of ether oxygens (including phenoxy) is 3. The molecule has 2 atom stereocenters. The highest BCUT2D eigenvalue weighted by atomic mass is 16.7. The molecule has 3 aliphatic heterocycles. The molecule has 4 aliphatic rings. The van der Waals surface area contributed by atoms with Crippen LogP contribution in [-0.2, 0) is 25.7 Å². The van der Waals surface area contributed by atoms with Gasteiger partial charge in [-0.25, -0.2) is 0 Å². The van der Waals surface area contributed by atoms with E-state index in [1.807, 2.05) is 35.2 Å². The lowest BCUT2D eigenvalue weighted by Crippen LogP contribution is -2.53. The third-order valence-corrected chi connectivity index (χ3v) is 9.28. The number of hydrogen-bond donors (Lipinski definition) is 0. The van der Waals surface area contributed by atoms with Gasteiger partial charge in [-0.2, -0.15) is 0 Å². The Hall–Kier alpha value is -3.81. The summed E-state index contributed by atoms with van der Waals surface area (Å²) in [4.78, 5) is 44.9. The molecule has 0 bridgehead atoms. The van der Waals surface area contributed by atoms with Gasteiger partial charge in [0.05, 0.1) is 13.7 Å². The molecule has 0 unspecified atom stereocenters. The number of benzene rings is 2. The van der Waals surface area contributed by atoms with Crippen LogP contribution in [0.25, 0.3) is 0 Å². The third kappa shape index (κ3) is 5.32. The number of amides is 2. The van der Waals surface area contributed by atoms with Crippen molar-refractivity contribution in [2.45, 2.75) is 63.8 Å². The summed E-state index contributed by atoms with van der Waals surface area (Å²) < 4.78 is 16.4. The zero-order valence-electron chi connectivity index (χ0n) is 23.7. The van der Waals surface area contributed by atoms with Crippen LogP contribution < -0.4 is 9.47 Å². The minimum atomic E-state index is -0.944. The van der Waals surface area contributed by atoms with Gasteiger partial charge in [-0.1, -0.05) is 48.9 Å². The van der Waals surface area contributed by atoms with Crippen LogP contribution in [0.2, 0.25) is 0 Å². The molecule has 0 radical (unpaired) electrons. The Balaban J connectivity index is 1.24. The molecule has 216 valence electrons. The molecule has 2 saturated heterocycles. The summed E-state index contributed by atoms with van der Waals surface area (Å²) in [5.74, 6) is 0.715. The SMILES string of the molecule is COC(=O)[C@]12CCCCC=C1N(Cc1ccc3c(c1)OCO3)C(=O)[C@H](CC(=O)N1CCC(c3ccccc3)CC1)C2. The first kappa shape index (κ1) is 27.4. The standard InChI is InChI=1S/C33H38N2O6/c1-39-32(38)33-15-7-3-6-10-29(33)35(21-23-11-12-27-28(18-23)41-22-40-27)31(37)26(20-33)19-30(36)34-16-13-25(14-17-34)24-8-4-2-5-9-24/h2,4-5,8-12,18,25-26H,3,6-7,13-17,19-22H2,1H3/t26-,33+/m1/s1. The van der Waals surface area contributed by atoms with Gasteiger partial charge in [0.15, 0.2) is 11.5 Å². The fourth-order valence-corrected chi connectivity index (χ4v) is 7.11. The average molecular weight is 559 g/mol. The molecule has 2 aromatic carbocycles. The van der Waals surface area contributed by atoms with E-state index in [1.54, 1.807) is 4.90 Å². The van der Waals surface area contributed by atoms with Gasteiger partial charge < -0.3 is 24.0 Å². The Labute approximate surface area is 241 Å². The molecule has 8 nitrogen and oxygen atoms in total. The van der Waals surface area contributed by atoms with Crippen LogP contribution in [0.1, 0.15) is 68.4 Å². The van der Waals surface area contributed by atoms with Crippen molar-refractivity contribution >= 4 is 17.8 Å². The number of likely N-dealkylation sites (tertiary alicyclic amines) is 2. The number of piperidine rings is 2. The first-order valence-electron chi connectivity index (χ1n) is 14.8. The normalized spacial score (nSPS) is 24.4. The zero-order valence-corrected chi connectivity index (χ0v) is 23.7. The Morgan fingerprint density at radius 2 is 1.80 bits per heavy atom. The van der Waals surface area contributed by atoms with E-state index in [0.29, 0.717) is 43.3 Å². The number of hydrogen-bond acceptors (Lipinski definition) is 6. The van der Waals surface area contributed by atoms with E-state index in [2.05, 4.69) is 24.3 Å². The fourth-order valence-electron chi connectivity index (χ4n) is 7.11. The smallest absolute Gasteiger partial charge is 0.317 e. The molecule has 0 saturated carbocycles. The molecule has 0 aromatic heterocycles. The second-order valence-electron chi connectivity index (χ2n) is 11.7. The van der Waals surface area contributed by atoms with E-state index in [1.165, 1.54) is 12.7 Å². The van der Waals surface area contributed by atoms with E-state index in [9.17, 15) is 14.4 Å². The number of carbonyl (C=O) groups is 3. The van der Waals surface area contributed by atoms with Gasteiger partial charge in [0.1, 0.15) is 5.41 Å². The number of fused-ring (bicyclic) bond motifs is 2. The van der Waals surface area contributed by atoms with Crippen LogP contribution in [0.3, 0.4) is 0 Å². The second-order valence-corrected chi connectivity index (χ2v) is 11.7. The molecule has 2 fully saturated rings. The van der Waals surface area contributed by atoms with E-state index >= 15 is 0 Å². The molecule has 8 heteroatoms. The van der Waals surface area contributed by atoms with Crippen molar-refractivity contribution in [1.29, 1.82) is 0 Å². The van der Waals surface area contributed by atoms with Crippen LogP contribution in [0.15, 0.2) is 60.3 Å². The van der Waals surface area contributed by atoms with Gasteiger partial charge in [-0.3, -0.25) is 14.4 Å². The molecule has 3 heterocycles. The lowest BCUT2D eigenvalue weighted by molar-refractivity contribution is -0.160. The van der Waals surface area contributed by atoms with Crippen molar-refractivity contribution in [2.75, 3.05) is 27.0 Å².